The summed E-state index contributed by atoms with van der Waals surface area (Å²) in [6.45, 7) is 6.46. The van der Waals surface area contributed by atoms with Crippen LogP contribution in [0.25, 0.3) is 0 Å². The van der Waals surface area contributed by atoms with Crippen molar-refractivity contribution in [2.24, 2.45) is 0 Å². The van der Waals surface area contributed by atoms with E-state index in [1.165, 1.54) is 4.31 Å². The van der Waals surface area contributed by atoms with E-state index in [2.05, 4.69) is 5.32 Å². The maximum absolute atomic E-state index is 13.2. The molecule has 1 aliphatic heterocycles. The van der Waals surface area contributed by atoms with Crippen LogP contribution in [0.5, 0.6) is 11.5 Å². The van der Waals surface area contributed by atoms with Crippen molar-refractivity contribution in [1.82, 2.24) is 10.2 Å². The first-order chi connectivity index (χ1) is 16.6. The quantitative estimate of drug-likeness (QED) is 0.506. The number of aryl methyl sites for hydroxylation is 1. The number of fused-ring (bicyclic) bond motifs is 1. The zero-order valence-corrected chi connectivity index (χ0v) is 21.4. The van der Waals surface area contributed by atoms with Crippen molar-refractivity contribution in [1.29, 1.82) is 0 Å². The molecule has 0 spiro atoms. The first-order valence-corrected chi connectivity index (χ1v) is 13.4. The molecule has 0 fully saturated rings. The van der Waals surface area contributed by atoms with Crippen molar-refractivity contribution in [2.75, 3.05) is 30.4 Å². The van der Waals surface area contributed by atoms with Crippen LogP contribution in [0, 0.1) is 6.92 Å². The molecular weight excluding hydrogens is 470 g/mol. The molecule has 2 aromatic carbocycles. The van der Waals surface area contributed by atoms with Crippen molar-refractivity contribution in [3.63, 3.8) is 0 Å². The minimum Gasteiger partial charge on any atom is -0.454 e. The van der Waals surface area contributed by atoms with Crippen LogP contribution >= 0.6 is 0 Å². The molecule has 10 heteroatoms. The van der Waals surface area contributed by atoms with Gasteiger partial charge in [-0.25, -0.2) is 8.42 Å². The second kappa shape index (κ2) is 11.4. The van der Waals surface area contributed by atoms with E-state index in [1.807, 2.05) is 38.1 Å². The maximum Gasteiger partial charge on any atom is 0.242 e. The van der Waals surface area contributed by atoms with E-state index in [9.17, 15) is 18.0 Å². The molecule has 0 unspecified atom stereocenters. The van der Waals surface area contributed by atoms with Gasteiger partial charge in [0.05, 0.1) is 11.9 Å². The van der Waals surface area contributed by atoms with E-state index in [-0.39, 0.29) is 44.5 Å². The number of benzene rings is 2. The number of sulfonamides is 1. The fourth-order valence-corrected chi connectivity index (χ4v) is 4.80. The number of hydrogen-bond acceptors (Lipinski definition) is 6. The third-order valence-corrected chi connectivity index (χ3v) is 6.98. The molecule has 3 rings (SSSR count). The SMILES string of the molecule is CCNC(=O)[C@H](C)N(Cc1ccc(C)cc1)C(=O)CCCN(c1ccc2c(c1)OCO2)S(C)(=O)=O. The summed E-state index contributed by atoms with van der Waals surface area (Å²) in [4.78, 5) is 27.3. The highest BCUT2D eigenvalue weighted by atomic mass is 32.2. The number of likely N-dealkylation sites (N-methyl/N-ethyl adjacent to an activating group) is 1. The first kappa shape index (κ1) is 26.3. The molecule has 0 aromatic heterocycles. The molecule has 35 heavy (non-hydrogen) atoms. The van der Waals surface area contributed by atoms with Crippen LogP contribution < -0.4 is 19.1 Å². The van der Waals surface area contributed by atoms with Gasteiger partial charge in [-0.3, -0.25) is 13.9 Å². The molecule has 2 amide bonds. The van der Waals surface area contributed by atoms with E-state index >= 15 is 0 Å². The minimum absolute atomic E-state index is 0.0895. The van der Waals surface area contributed by atoms with Crippen LogP contribution in [0.2, 0.25) is 0 Å². The number of anilines is 1. The van der Waals surface area contributed by atoms with Gasteiger partial charge in [0.15, 0.2) is 11.5 Å². The molecule has 0 radical (unpaired) electrons. The molecule has 9 nitrogen and oxygen atoms in total. The molecule has 1 atom stereocenters. The van der Waals surface area contributed by atoms with Gasteiger partial charge in [0.1, 0.15) is 6.04 Å². The summed E-state index contributed by atoms with van der Waals surface area (Å²) < 4.78 is 36.9. The largest absolute Gasteiger partial charge is 0.454 e. The number of carbonyl (C=O) groups is 2. The Morgan fingerprint density at radius 1 is 1.09 bits per heavy atom. The Morgan fingerprint density at radius 3 is 2.43 bits per heavy atom. The third kappa shape index (κ3) is 6.88. The van der Waals surface area contributed by atoms with Crippen molar-refractivity contribution >= 4 is 27.5 Å². The van der Waals surface area contributed by atoms with E-state index in [1.54, 1.807) is 30.0 Å². The Balaban J connectivity index is 1.71. The van der Waals surface area contributed by atoms with E-state index in [0.29, 0.717) is 23.7 Å². The summed E-state index contributed by atoms with van der Waals surface area (Å²) in [5, 5.41) is 2.77. The molecule has 1 heterocycles. The zero-order valence-electron chi connectivity index (χ0n) is 20.6. The average Bonchev–Trinajstić information content (AvgIpc) is 3.28. The molecule has 0 bridgehead atoms. The zero-order chi connectivity index (χ0) is 25.6. The molecule has 2 aromatic rings. The summed E-state index contributed by atoms with van der Waals surface area (Å²) in [5.41, 5.74) is 2.46. The van der Waals surface area contributed by atoms with Gasteiger partial charge in [0, 0.05) is 32.1 Å². The third-order valence-electron chi connectivity index (χ3n) is 5.79. The van der Waals surface area contributed by atoms with E-state index in [0.717, 1.165) is 17.4 Å². The van der Waals surface area contributed by atoms with Gasteiger partial charge in [0.25, 0.3) is 0 Å². The van der Waals surface area contributed by atoms with Crippen molar-refractivity contribution < 1.29 is 27.5 Å². The predicted octanol–water partition coefficient (Wildman–Crippen LogP) is 2.82. The van der Waals surface area contributed by atoms with Crippen LogP contribution in [0.15, 0.2) is 42.5 Å². The minimum atomic E-state index is -3.60. The molecule has 0 aliphatic carbocycles. The van der Waals surface area contributed by atoms with Gasteiger partial charge < -0.3 is 19.7 Å². The first-order valence-electron chi connectivity index (χ1n) is 11.6. The van der Waals surface area contributed by atoms with Crippen molar-refractivity contribution in [3.8, 4) is 11.5 Å². The monoisotopic (exact) mass is 503 g/mol. The van der Waals surface area contributed by atoms with Gasteiger partial charge in [-0.1, -0.05) is 29.8 Å². The van der Waals surface area contributed by atoms with Crippen molar-refractivity contribution in [2.45, 2.75) is 46.2 Å². The summed E-state index contributed by atoms with van der Waals surface area (Å²) in [6.07, 6.45) is 1.50. The van der Waals surface area contributed by atoms with Crippen LogP contribution in [0.3, 0.4) is 0 Å². The summed E-state index contributed by atoms with van der Waals surface area (Å²) >= 11 is 0. The highest BCUT2D eigenvalue weighted by molar-refractivity contribution is 7.92. The summed E-state index contributed by atoms with van der Waals surface area (Å²) in [6, 6.07) is 12.1. The highest BCUT2D eigenvalue weighted by Crippen LogP contribution is 2.36. The summed E-state index contributed by atoms with van der Waals surface area (Å²) in [5.74, 6) is 0.588. The van der Waals surface area contributed by atoms with Gasteiger partial charge in [-0.15, -0.1) is 0 Å². The lowest BCUT2D eigenvalue weighted by molar-refractivity contribution is -0.140. The smallest absolute Gasteiger partial charge is 0.242 e. The number of rotatable bonds is 11. The number of nitrogens with zero attached hydrogens (tertiary/aromatic N) is 2. The lowest BCUT2D eigenvalue weighted by Crippen LogP contribution is -2.47. The predicted molar refractivity (Wildman–Crippen MR) is 134 cm³/mol. The molecule has 190 valence electrons. The van der Waals surface area contributed by atoms with E-state index < -0.39 is 16.1 Å². The van der Waals surface area contributed by atoms with Crippen LogP contribution in [0.4, 0.5) is 5.69 Å². The fourth-order valence-electron chi connectivity index (χ4n) is 3.84. The summed E-state index contributed by atoms with van der Waals surface area (Å²) in [7, 11) is -3.60. The Morgan fingerprint density at radius 2 is 1.77 bits per heavy atom. The lowest BCUT2D eigenvalue weighted by atomic mass is 10.1. The Labute approximate surface area is 207 Å². The van der Waals surface area contributed by atoms with Crippen molar-refractivity contribution in [3.05, 3.63) is 53.6 Å². The van der Waals surface area contributed by atoms with Crippen LogP contribution in [-0.4, -0.2) is 57.3 Å². The van der Waals surface area contributed by atoms with E-state index in [4.69, 9.17) is 9.47 Å². The van der Waals surface area contributed by atoms with Crippen LogP contribution in [-0.2, 0) is 26.2 Å². The van der Waals surface area contributed by atoms with Gasteiger partial charge in [0.2, 0.25) is 28.6 Å². The molecule has 0 saturated carbocycles. The van der Waals surface area contributed by atoms with Gasteiger partial charge in [-0.05, 0) is 44.9 Å². The van der Waals surface area contributed by atoms with Crippen LogP contribution in [0.1, 0.15) is 37.8 Å². The topological polar surface area (TPSA) is 105 Å². The number of hydrogen-bond donors (Lipinski definition) is 1. The highest BCUT2D eigenvalue weighted by Gasteiger charge is 2.27. The van der Waals surface area contributed by atoms with Gasteiger partial charge >= 0.3 is 0 Å². The number of carbonyl (C=O) groups excluding carboxylic acids is 2. The second-order valence-corrected chi connectivity index (χ2v) is 10.5. The average molecular weight is 504 g/mol. The lowest BCUT2D eigenvalue weighted by Gasteiger charge is -2.29. The Kier molecular flexibility index (Phi) is 8.61. The molecule has 1 aliphatic rings. The Bertz CT molecular complexity index is 1150. The molecular formula is C25H33N3O6S. The normalized spacial score (nSPS) is 13.3. The molecule has 0 saturated heterocycles. The fraction of sp³-hybridized carbons (Fsp3) is 0.440. The Hall–Kier alpha value is -3.27. The number of amides is 2. The number of ether oxygens (including phenoxy) is 2. The second-order valence-electron chi connectivity index (χ2n) is 8.55. The maximum atomic E-state index is 13.2. The standard InChI is InChI=1S/C25H33N3O6S/c1-5-26-25(30)19(3)27(16-20-10-8-18(2)9-11-20)24(29)7-6-14-28(35(4,31)32)21-12-13-22-23(15-21)34-17-33-22/h8-13,15,19H,5-7,14,16-17H2,1-4H3,(H,26,30)/t19-/m0/s1. The molecule has 1 N–H and O–H groups in total. The number of nitrogens with one attached hydrogen (secondary N) is 1. The van der Waals surface area contributed by atoms with Gasteiger partial charge in [-0.2, -0.15) is 0 Å².